The van der Waals surface area contributed by atoms with Crippen molar-refractivity contribution < 1.29 is 13.2 Å². The number of nitrogens with one attached hydrogen (secondary N) is 4. The van der Waals surface area contributed by atoms with Crippen molar-refractivity contribution in [3.8, 4) is 0 Å². The molecule has 9 heteroatoms. The van der Waals surface area contributed by atoms with Gasteiger partial charge in [0, 0.05) is 17.8 Å². The van der Waals surface area contributed by atoms with Gasteiger partial charge in [-0.15, -0.1) is 0 Å². The van der Waals surface area contributed by atoms with Crippen LogP contribution in [0.1, 0.15) is 30.6 Å². The van der Waals surface area contributed by atoms with Gasteiger partial charge in [0.25, 0.3) is 15.9 Å². The summed E-state index contributed by atoms with van der Waals surface area (Å²) < 4.78 is 27.3. The Morgan fingerprint density at radius 2 is 1.64 bits per heavy atom. The van der Waals surface area contributed by atoms with Gasteiger partial charge in [-0.1, -0.05) is 32.0 Å². The molecule has 0 radical (unpaired) electrons. The third-order valence-corrected chi connectivity index (χ3v) is 5.39. The SMILES string of the molecule is CC(C)CCNC(=S)NNC(=O)c1ccc(S(=O)(=O)Nc2ccccc2)cc1. The van der Waals surface area contributed by atoms with E-state index in [2.05, 4.69) is 34.7 Å². The van der Waals surface area contributed by atoms with Crippen molar-refractivity contribution in [3.63, 3.8) is 0 Å². The first-order valence-electron chi connectivity index (χ1n) is 8.80. The van der Waals surface area contributed by atoms with Gasteiger partial charge in [0.15, 0.2) is 5.11 Å². The second-order valence-electron chi connectivity index (χ2n) is 6.51. The zero-order valence-electron chi connectivity index (χ0n) is 15.7. The number of carbonyl (C=O) groups is 1. The molecule has 2 aromatic rings. The normalized spacial score (nSPS) is 11.0. The molecule has 0 spiro atoms. The van der Waals surface area contributed by atoms with Crippen LogP contribution in [0.3, 0.4) is 0 Å². The predicted octanol–water partition coefficient (Wildman–Crippen LogP) is 2.64. The topological polar surface area (TPSA) is 99.3 Å². The number of benzene rings is 2. The summed E-state index contributed by atoms with van der Waals surface area (Å²) in [6.07, 6.45) is 0.961. The molecule has 0 saturated carbocycles. The number of carbonyl (C=O) groups excluding carboxylic acids is 1. The zero-order chi connectivity index (χ0) is 20.6. The van der Waals surface area contributed by atoms with Gasteiger partial charge in [0.1, 0.15) is 0 Å². The van der Waals surface area contributed by atoms with Crippen molar-refractivity contribution in [1.82, 2.24) is 16.2 Å². The monoisotopic (exact) mass is 420 g/mol. The first kappa shape index (κ1) is 21.6. The minimum absolute atomic E-state index is 0.0618. The summed E-state index contributed by atoms with van der Waals surface area (Å²) in [5.41, 5.74) is 5.87. The van der Waals surface area contributed by atoms with Crippen LogP contribution in [0.4, 0.5) is 5.69 Å². The van der Waals surface area contributed by atoms with E-state index in [0.29, 0.717) is 28.8 Å². The molecule has 0 unspecified atom stereocenters. The maximum Gasteiger partial charge on any atom is 0.269 e. The molecule has 0 aliphatic rings. The lowest BCUT2D eigenvalue weighted by atomic mass is 10.1. The van der Waals surface area contributed by atoms with Crippen LogP contribution in [-0.4, -0.2) is 26.0 Å². The number of hydrogen-bond acceptors (Lipinski definition) is 4. The zero-order valence-corrected chi connectivity index (χ0v) is 17.4. The molecule has 150 valence electrons. The van der Waals surface area contributed by atoms with Gasteiger partial charge in [-0.2, -0.15) is 0 Å². The third-order valence-electron chi connectivity index (χ3n) is 3.75. The summed E-state index contributed by atoms with van der Waals surface area (Å²) in [7, 11) is -3.73. The Morgan fingerprint density at radius 1 is 1.00 bits per heavy atom. The first-order chi connectivity index (χ1) is 13.3. The quantitative estimate of drug-likeness (QED) is 0.406. The van der Waals surface area contributed by atoms with Crippen molar-refractivity contribution >= 4 is 38.9 Å². The molecule has 4 N–H and O–H groups in total. The molecule has 0 bridgehead atoms. The molecule has 28 heavy (non-hydrogen) atoms. The molecule has 2 rings (SSSR count). The van der Waals surface area contributed by atoms with E-state index in [1.165, 1.54) is 24.3 Å². The Labute approximate surface area is 170 Å². The van der Waals surface area contributed by atoms with E-state index < -0.39 is 15.9 Å². The number of amides is 1. The second kappa shape index (κ2) is 10.0. The molecular formula is C19H24N4O3S2. The highest BCUT2D eigenvalue weighted by atomic mass is 32.2. The third kappa shape index (κ3) is 6.82. The number of para-hydroxylation sites is 1. The van der Waals surface area contributed by atoms with Gasteiger partial charge in [0.2, 0.25) is 0 Å². The van der Waals surface area contributed by atoms with E-state index >= 15 is 0 Å². The van der Waals surface area contributed by atoms with Crippen LogP contribution in [0.5, 0.6) is 0 Å². The van der Waals surface area contributed by atoms with Gasteiger partial charge < -0.3 is 5.32 Å². The van der Waals surface area contributed by atoms with E-state index in [0.717, 1.165) is 6.42 Å². The number of thiocarbonyl (C=S) groups is 1. The van der Waals surface area contributed by atoms with E-state index in [4.69, 9.17) is 12.2 Å². The van der Waals surface area contributed by atoms with Crippen molar-refractivity contribution in [2.45, 2.75) is 25.2 Å². The summed E-state index contributed by atoms with van der Waals surface area (Å²) in [5, 5.41) is 3.31. The Morgan fingerprint density at radius 3 is 2.25 bits per heavy atom. The Kier molecular flexibility index (Phi) is 7.77. The highest BCUT2D eigenvalue weighted by molar-refractivity contribution is 7.92. The van der Waals surface area contributed by atoms with Crippen molar-refractivity contribution in [2.24, 2.45) is 5.92 Å². The maximum absolute atomic E-state index is 12.4. The number of hydrogen-bond donors (Lipinski definition) is 4. The van der Waals surface area contributed by atoms with Crippen LogP contribution >= 0.6 is 12.2 Å². The van der Waals surface area contributed by atoms with Crippen LogP contribution in [0.2, 0.25) is 0 Å². The summed E-state index contributed by atoms with van der Waals surface area (Å²) >= 11 is 5.08. The van der Waals surface area contributed by atoms with E-state index in [1.54, 1.807) is 30.3 Å². The minimum Gasteiger partial charge on any atom is -0.361 e. The second-order valence-corrected chi connectivity index (χ2v) is 8.60. The van der Waals surface area contributed by atoms with Gasteiger partial charge in [-0.05, 0) is 61.0 Å². The van der Waals surface area contributed by atoms with Crippen LogP contribution in [-0.2, 0) is 10.0 Å². The fraction of sp³-hybridized carbons (Fsp3) is 0.263. The highest BCUT2D eigenvalue weighted by Crippen LogP contribution is 2.16. The summed E-state index contributed by atoms with van der Waals surface area (Å²) in [6.45, 7) is 4.93. The van der Waals surface area contributed by atoms with Gasteiger partial charge >= 0.3 is 0 Å². The standard InChI is InChI=1S/C19H24N4O3S2/c1-14(2)12-13-20-19(27)22-21-18(24)15-8-10-17(11-9-15)28(25,26)23-16-6-4-3-5-7-16/h3-11,14,23H,12-13H2,1-2H3,(H,21,24)(H2,20,22,27). The minimum atomic E-state index is -3.73. The molecule has 7 nitrogen and oxygen atoms in total. The molecular weight excluding hydrogens is 396 g/mol. The molecule has 0 fully saturated rings. The van der Waals surface area contributed by atoms with Crippen molar-refractivity contribution in [1.29, 1.82) is 0 Å². The van der Waals surface area contributed by atoms with E-state index in [9.17, 15) is 13.2 Å². The molecule has 0 aromatic heterocycles. The van der Waals surface area contributed by atoms with Gasteiger partial charge in [-0.3, -0.25) is 20.4 Å². The molecule has 2 aromatic carbocycles. The van der Waals surface area contributed by atoms with Crippen molar-refractivity contribution in [3.05, 3.63) is 60.2 Å². The highest BCUT2D eigenvalue weighted by Gasteiger charge is 2.15. The molecule has 0 saturated heterocycles. The molecule has 0 atom stereocenters. The Balaban J connectivity index is 1.90. The fourth-order valence-electron chi connectivity index (χ4n) is 2.21. The summed E-state index contributed by atoms with van der Waals surface area (Å²) in [5.74, 6) is 0.129. The van der Waals surface area contributed by atoms with E-state index in [1.807, 2.05) is 0 Å². The fourth-order valence-corrected chi connectivity index (χ4v) is 3.42. The molecule has 1 amide bonds. The number of sulfonamides is 1. The largest absolute Gasteiger partial charge is 0.361 e. The van der Waals surface area contributed by atoms with Gasteiger partial charge in [0.05, 0.1) is 4.90 Å². The molecule has 0 heterocycles. The maximum atomic E-state index is 12.4. The Hall–Kier alpha value is -2.65. The van der Waals surface area contributed by atoms with Crippen LogP contribution < -0.4 is 20.9 Å². The molecule has 0 aliphatic carbocycles. The average molecular weight is 421 g/mol. The first-order valence-corrected chi connectivity index (χ1v) is 10.7. The number of rotatable bonds is 7. The van der Waals surface area contributed by atoms with Gasteiger partial charge in [-0.25, -0.2) is 8.42 Å². The smallest absolute Gasteiger partial charge is 0.269 e. The number of anilines is 1. The summed E-state index contributed by atoms with van der Waals surface area (Å²) in [6, 6.07) is 14.2. The van der Waals surface area contributed by atoms with Crippen LogP contribution in [0.15, 0.2) is 59.5 Å². The molecule has 0 aliphatic heterocycles. The van der Waals surface area contributed by atoms with E-state index in [-0.39, 0.29) is 4.90 Å². The van der Waals surface area contributed by atoms with Crippen molar-refractivity contribution in [2.75, 3.05) is 11.3 Å². The summed E-state index contributed by atoms with van der Waals surface area (Å²) in [4.78, 5) is 12.2. The predicted molar refractivity (Wildman–Crippen MR) is 114 cm³/mol. The lowest BCUT2D eigenvalue weighted by molar-refractivity contribution is 0.0943. The van der Waals surface area contributed by atoms with Crippen LogP contribution in [0.25, 0.3) is 0 Å². The lowest BCUT2D eigenvalue weighted by Crippen LogP contribution is -2.47. The van der Waals surface area contributed by atoms with Crippen LogP contribution in [0, 0.1) is 5.92 Å². The average Bonchev–Trinajstić information content (AvgIpc) is 2.66. The number of hydrazine groups is 1. The Bertz CT molecular complexity index is 899. The lowest BCUT2D eigenvalue weighted by Gasteiger charge is -2.13.